The Morgan fingerprint density at radius 1 is 1.05 bits per heavy atom. The molecular formula is C19H29F. The van der Waals surface area contributed by atoms with Crippen molar-refractivity contribution in [2.75, 3.05) is 0 Å². The van der Waals surface area contributed by atoms with E-state index >= 15 is 0 Å². The number of hydrogen-bond donors (Lipinski definition) is 0. The number of halogens is 1. The predicted octanol–water partition coefficient (Wildman–Crippen LogP) is 6.68. The summed E-state index contributed by atoms with van der Waals surface area (Å²) < 4.78 is 13.4. The summed E-state index contributed by atoms with van der Waals surface area (Å²) in [6.45, 7) is 6.36. The van der Waals surface area contributed by atoms with Crippen molar-refractivity contribution < 1.29 is 4.39 Å². The van der Waals surface area contributed by atoms with E-state index in [-0.39, 0.29) is 5.82 Å². The summed E-state index contributed by atoms with van der Waals surface area (Å²) in [5.41, 5.74) is 3.54. The van der Waals surface area contributed by atoms with Gasteiger partial charge in [0.15, 0.2) is 0 Å². The lowest BCUT2D eigenvalue weighted by atomic mass is 9.95. The van der Waals surface area contributed by atoms with Crippen LogP contribution in [0.25, 0.3) is 5.57 Å². The second-order valence-electron chi connectivity index (χ2n) is 5.64. The maximum Gasteiger partial charge on any atom is 0.123 e. The smallest absolute Gasteiger partial charge is 0.123 e. The van der Waals surface area contributed by atoms with Crippen LogP contribution in [-0.2, 0) is 0 Å². The number of rotatable bonds is 9. The zero-order chi connectivity index (χ0) is 14.8. The van der Waals surface area contributed by atoms with Gasteiger partial charge in [0.25, 0.3) is 0 Å². The molecule has 0 bridgehead atoms. The van der Waals surface area contributed by atoms with Crippen LogP contribution in [-0.4, -0.2) is 0 Å². The van der Waals surface area contributed by atoms with Crippen LogP contribution in [0.5, 0.6) is 0 Å². The van der Waals surface area contributed by atoms with Gasteiger partial charge in [-0.2, -0.15) is 0 Å². The van der Waals surface area contributed by atoms with Gasteiger partial charge in [-0.25, -0.2) is 4.39 Å². The monoisotopic (exact) mass is 276 g/mol. The molecule has 0 amide bonds. The quantitative estimate of drug-likeness (QED) is 0.441. The maximum atomic E-state index is 13.4. The largest absolute Gasteiger partial charge is 0.207 e. The molecule has 0 saturated heterocycles. The Kier molecular flexibility index (Phi) is 8.25. The first-order valence-corrected chi connectivity index (χ1v) is 8.10. The first-order valence-electron chi connectivity index (χ1n) is 8.10. The fraction of sp³-hybridized carbons (Fsp3) is 0.579. The van der Waals surface area contributed by atoms with Crippen molar-refractivity contribution in [3.05, 3.63) is 41.2 Å². The normalized spacial score (nSPS) is 11.9. The Hall–Kier alpha value is -1.11. The van der Waals surface area contributed by atoms with E-state index in [1.807, 2.05) is 6.07 Å². The highest BCUT2D eigenvalue weighted by Gasteiger charge is 2.06. The summed E-state index contributed by atoms with van der Waals surface area (Å²) in [6, 6.07) is 5.09. The zero-order valence-electron chi connectivity index (χ0n) is 13.3. The molecule has 0 N–H and O–H groups in total. The van der Waals surface area contributed by atoms with Gasteiger partial charge in [-0.05, 0) is 55.5 Å². The zero-order valence-corrected chi connectivity index (χ0v) is 13.3. The summed E-state index contributed by atoms with van der Waals surface area (Å²) in [5.74, 6) is -0.135. The molecule has 0 nitrogen and oxygen atoms in total. The number of aryl methyl sites for hydroxylation is 1. The van der Waals surface area contributed by atoms with Gasteiger partial charge in [0.1, 0.15) is 5.82 Å². The Balaban J connectivity index is 2.39. The van der Waals surface area contributed by atoms with Crippen LogP contribution in [0.1, 0.15) is 76.3 Å². The molecule has 20 heavy (non-hydrogen) atoms. The van der Waals surface area contributed by atoms with Crippen molar-refractivity contribution in [2.45, 2.75) is 72.1 Å². The van der Waals surface area contributed by atoms with E-state index in [1.165, 1.54) is 56.1 Å². The van der Waals surface area contributed by atoms with Crippen LogP contribution in [0.15, 0.2) is 24.3 Å². The molecular weight excluding hydrogens is 247 g/mol. The average Bonchev–Trinajstić information content (AvgIpc) is 2.45. The average molecular weight is 276 g/mol. The van der Waals surface area contributed by atoms with Crippen LogP contribution >= 0.6 is 0 Å². The molecule has 0 radical (unpaired) electrons. The Bertz CT molecular complexity index is 418. The lowest BCUT2D eigenvalue weighted by molar-refractivity contribution is 0.593. The van der Waals surface area contributed by atoms with Crippen molar-refractivity contribution >= 4 is 5.57 Å². The highest BCUT2D eigenvalue weighted by molar-refractivity contribution is 5.67. The molecule has 0 unspecified atom stereocenters. The third-order valence-electron chi connectivity index (χ3n) is 3.94. The predicted molar refractivity (Wildman–Crippen MR) is 87.4 cm³/mol. The third kappa shape index (κ3) is 5.90. The molecule has 0 aliphatic heterocycles. The van der Waals surface area contributed by atoms with Crippen LogP contribution < -0.4 is 0 Å². The van der Waals surface area contributed by atoms with E-state index in [9.17, 15) is 4.39 Å². The molecule has 0 fully saturated rings. The molecule has 1 aromatic rings. The van der Waals surface area contributed by atoms with Gasteiger partial charge in [0, 0.05) is 0 Å². The minimum absolute atomic E-state index is 0.135. The maximum absolute atomic E-state index is 13.4. The van der Waals surface area contributed by atoms with Gasteiger partial charge >= 0.3 is 0 Å². The van der Waals surface area contributed by atoms with E-state index < -0.39 is 0 Å². The molecule has 0 heterocycles. The molecule has 1 heteroatoms. The highest BCUT2D eigenvalue weighted by Crippen LogP contribution is 2.25. The second kappa shape index (κ2) is 9.74. The lowest BCUT2D eigenvalue weighted by Crippen LogP contribution is -1.91. The van der Waals surface area contributed by atoms with Gasteiger partial charge < -0.3 is 0 Å². The van der Waals surface area contributed by atoms with E-state index in [4.69, 9.17) is 0 Å². The summed E-state index contributed by atoms with van der Waals surface area (Å²) in [7, 11) is 0. The summed E-state index contributed by atoms with van der Waals surface area (Å²) in [5, 5.41) is 0. The molecule has 0 aliphatic carbocycles. The minimum atomic E-state index is -0.135. The molecule has 1 rings (SSSR count). The number of allylic oxidation sites excluding steroid dienone is 2. The summed E-state index contributed by atoms with van der Waals surface area (Å²) in [6.07, 6.45) is 12.4. The standard InChI is InChI=1S/C19H29F/c1-4-6-7-8-9-10-11-12-17(5-2)19-15-18(20)14-13-16(19)3/h5,13-15H,4,6-12H2,1-3H3/b17-5-. The van der Waals surface area contributed by atoms with Crippen molar-refractivity contribution in [2.24, 2.45) is 0 Å². The van der Waals surface area contributed by atoms with Gasteiger partial charge in [-0.1, -0.05) is 57.6 Å². The summed E-state index contributed by atoms with van der Waals surface area (Å²) >= 11 is 0. The van der Waals surface area contributed by atoms with Crippen molar-refractivity contribution in [3.63, 3.8) is 0 Å². The Morgan fingerprint density at radius 2 is 1.70 bits per heavy atom. The van der Waals surface area contributed by atoms with Gasteiger partial charge in [-0.15, -0.1) is 0 Å². The Morgan fingerprint density at radius 3 is 2.35 bits per heavy atom. The highest BCUT2D eigenvalue weighted by atomic mass is 19.1. The lowest BCUT2D eigenvalue weighted by Gasteiger charge is -2.11. The van der Waals surface area contributed by atoms with Crippen LogP contribution in [0.3, 0.4) is 0 Å². The topological polar surface area (TPSA) is 0 Å². The van der Waals surface area contributed by atoms with Crippen LogP contribution in [0.2, 0.25) is 0 Å². The third-order valence-corrected chi connectivity index (χ3v) is 3.94. The Labute approximate surface area is 124 Å². The fourth-order valence-electron chi connectivity index (χ4n) is 2.65. The SMILES string of the molecule is C/C=C(/CCCCCCCCC)c1cc(F)ccc1C. The van der Waals surface area contributed by atoms with Gasteiger partial charge in [0.05, 0.1) is 0 Å². The van der Waals surface area contributed by atoms with Gasteiger partial charge in [0.2, 0.25) is 0 Å². The first kappa shape index (κ1) is 16.9. The fourth-order valence-corrected chi connectivity index (χ4v) is 2.65. The minimum Gasteiger partial charge on any atom is -0.207 e. The number of unbranched alkanes of at least 4 members (excludes halogenated alkanes) is 6. The van der Waals surface area contributed by atoms with Crippen LogP contribution in [0, 0.1) is 12.7 Å². The molecule has 112 valence electrons. The van der Waals surface area contributed by atoms with Gasteiger partial charge in [-0.3, -0.25) is 0 Å². The molecule has 0 saturated carbocycles. The first-order chi connectivity index (χ1) is 9.69. The molecule has 0 aliphatic rings. The van der Waals surface area contributed by atoms with E-state index in [1.54, 1.807) is 12.1 Å². The molecule has 0 aromatic heterocycles. The van der Waals surface area contributed by atoms with Crippen LogP contribution in [0.4, 0.5) is 4.39 Å². The van der Waals surface area contributed by atoms with E-state index in [0.717, 1.165) is 12.0 Å². The second-order valence-corrected chi connectivity index (χ2v) is 5.64. The molecule has 1 aromatic carbocycles. The van der Waals surface area contributed by atoms with Crippen molar-refractivity contribution in [1.29, 1.82) is 0 Å². The number of benzene rings is 1. The number of hydrogen-bond acceptors (Lipinski definition) is 0. The van der Waals surface area contributed by atoms with Crippen molar-refractivity contribution in [1.82, 2.24) is 0 Å². The van der Waals surface area contributed by atoms with Crippen molar-refractivity contribution in [3.8, 4) is 0 Å². The van der Waals surface area contributed by atoms with E-state index in [2.05, 4.69) is 26.8 Å². The van der Waals surface area contributed by atoms with E-state index in [0.29, 0.717) is 0 Å². The molecule has 0 atom stereocenters. The summed E-state index contributed by atoms with van der Waals surface area (Å²) in [4.78, 5) is 0. The molecule has 0 spiro atoms.